The maximum Gasteiger partial charge on any atom is 0.320 e. The minimum absolute atomic E-state index is 0.0789. The molecule has 0 aliphatic rings. The third kappa shape index (κ3) is 3.79. The molecule has 3 N–H and O–H groups in total. The van der Waals surface area contributed by atoms with Gasteiger partial charge in [-0.25, -0.2) is 0 Å². The molecule has 20 heavy (non-hydrogen) atoms. The smallest absolute Gasteiger partial charge is 0.320 e. The summed E-state index contributed by atoms with van der Waals surface area (Å²) in [4.78, 5) is 22.6. The lowest BCUT2D eigenvalue weighted by molar-refractivity contribution is -0.140. The van der Waals surface area contributed by atoms with Crippen LogP contribution in [0.4, 0.5) is 0 Å². The van der Waals surface area contributed by atoms with E-state index in [1.165, 1.54) is 0 Å². The third-order valence-corrected chi connectivity index (χ3v) is 4.06. The van der Waals surface area contributed by atoms with E-state index in [9.17, 15) is 9.59 Å². The van der Waals surface area contributed by atoms with Gasteiger partial charge in [0.1, 0.15) is 6.04 Å². The highest BCUT2D eigenvalue weighted by Crippen LogP contribution is 2.25. The Labute approximate surface area is 119 Å². The van der Waals surface area contributed by atoms with E-state index in [4.69, 9.17) is 10.2 Å². The van der Waals surface area contributed by atoms with Gasteiger partial charge in [0, 0.05) is 22.5 Å². The number of fused-ring (bicyclic) bond motifs is 1. The molecule has 0 aliphatic carbocycles. The van der Waals surface area contributed by atoms with E-state index in [-0.39, 0.29) is 12.8 Å². The monoisotopic (exact) mass is 293 g/mol. The van der Waals surface area contributed by atoms with Crippen molar-refractivity contribution in [3.05, 3.63) is 35.2 Å². The average Bonchev–Trinajstić information content (AvgIpc) is 2.80. The number of carboxylic acids is 2. The van der Waals surface area contributed by atoms with E-state index in [0.29, 0.717) is 6.54 Å². The van der Waals surface area contributed by atoms with Crippen LogP contribution in [0.15, 0.2) is 30.3 Å². The van der Waals surface area contributed by atoms with Crippen LogP contribution < -0.4 is 5.32 Å². The molecule has 2 aromatic rings. The van der Waals surface area contributed by atoms with E-state index in [0.717, 1.165) is 15.0 Å². The maximum atomic E-state index is 11.1. The lowest BCUT2D eigenvalue weighted by Crippen LogP contribution is -2.36. The van der Waals surface area contributed by atoms with Gasteiger partial charge in [-0.1, -0.05) is 18.2 Å². The molecule has 1 heterocycles. The summed E-state index contributed by atoms with van der Waals surface area (Å²) in [6, 6.07) is 9.12. The van der Waals surface area contributed by atoms with Crippen molar-refractivity contribution in [2.45, 2.75) is 25.4 Å². The van der Waals surface area contributed by atoms with Crippen LogP contribution in [0.2, 0.25) is 0 Å². The summed E-state index contributed by atoms with van der Waals surface area (Å²) in [6.45, 7) is 0.427. The number of aliphatic carboxylic acids is 2. The molecule has 0 aliphatic heterocycles. The van der Waals surface area contributed by atoms with Crippen LogP contribution in [-0.2, 0) is 16.1 Å². The molecule has 1 aromatic heterocycles. The Hall–Kier alpha value is -1.92. The predicted molar refractivity (Wildman–Crippen MR) is 77.0 cm³/mol. The Bertz CT molecular complexity index is 589. The summed E-state index contributed by atoms with van der Waals surface area (Å²) in [5.41, 5.74) is 0. The molecule has 0 saturated carbocycles. The summed E-state index contributed by atoms with van der Waals surface area (Å²) >= 11 is 1.60. The van der Waals surface area contributed by atoms with Gasteiger partial charge in [0.15, 0.2) is 0 Å². The number of rotatable bonds is 7. The van der Waals surface area contributed by atoms with Crippen molar-refractivity contribution in [3.63, 3.8) is 0 Å². The minimum Gasteiger partial charge on any atom is -0.481 e. The fraction of sp³-hybridized carbons (Fsp3) is 0.286. The molecule has 5 nitrogen and oxygen atoms in total. The van der Waals surface area contributed by atoms with Crippen molar-refractivity contribution in [2.75, 3.05) is 0 Å². The van der Waals surface area contributed by atoms with Crippen LogP contribution in [0.1, 0.15) is 17.7 Å². The second kappa shape index (κ2) is 6.49. The Morgan fingerprint density at radius 3 is 2.65 bits per heavy atom. The molecule has 0 radical (unpaired) electrons. The second-order valence-electron chi connectivity index (χ2n) is 4.45. The van der Waals surface area contributed by atoms with Gasteiger partial charge in [-0.15, -0.1) is 11.3 Å². The second-order valence-corrected chi connectivity index (χ2v) is 5.62. The van der Waals surface area contributed by atoms with Gasteiger partial charge in [0.2, 0.25) is 0 Å². The van der Waals surface area contributed by atoms with Crippen LogP contribution in [0.3, 0.4) is 0 Å². The van der Waals surface area contributed by atoms with Crippen molar-refractivity contribution in [1.29, 1.82) is 0 Å². The quantitative estimate of drug-likeness (QED) is 0.729. The van der Waals surface area contributed by atoms with E-state index in [1.807, 2.05) is 30.3 Å². The largest absolute Gasteiger partial charge is 0.481 e. The highest BCUT2D eigenvalue weighted by atomic mass is 32.1. The molecular weight excluding hydrogens is 278 g/mol. The van der Waals surface area contributed by atoms with Gasteiger partial charge in [0.25, 0.3) is 0 Å². The fourth-order valence-corrected chi connectivity index (χ4v) is 2.94. The summed E-state index contributed by atoms with van der Waals surface area (Å²) < 4.78 is 1.15. The van der Waals surface area contributed by atoms with Gasteiger partial charge in [-0.05, 0) is 23.9 Å². The molecule has 106 valence electrons. The molecular formula is C14H15NO4S. The Balaban J connectivity index is 1.97. The zero-order chi connectivity index (χ0) is 14.5. The average molecular weight is 293 g/mol. The van der Waals surface area contributed by atoms with Crippen LogP contribution in [0.5, 0.6) is 0 Å². The van der Waals surface area contributed by atoms with Crippen molar-refractivity contribution in [2.24, 2.45) is 0 Å². The summed E-state index contributed by atoms with van der Waals surface area (Å²) in [5, 5.41) is 21.7. The van der Waals surface area contributed by atoms with Crippen LogP contribution in [-0.4, -0.2) is 28.2 Å². The molecule has 1 atom stereocenters. The summed E-state index contributed by atoms with van der Waals surface area (Å²) in [7, 11) is 0. The first kappa shape index (κ1) is 14.5. The third-order valence-electron chi connectivity index (χ3n) is 2.94. The first-order chi connectivity index (χ1) is 9.56. The Morgan fingerprint density at radius 1 is 1.25 bits per heavy atom. The van der Waals surface area contributed by atoms with Gasteiger partial charge < -0.3 is 10.2 Å². The Morgan fingerprint density at radius 2 is 2.00 bits per heavy atom. The van der Waals surface area contributed by atoms with Crippen LogP contribution in [0.25, 0.3) is 10.1 Å². The Kier molecular flexibility index (Phi) is 4.70. The molecule has 0 amide bonds. The number of carboxylic acid groups (broad SMARTS) is 2. The zero-order valence-corrected chi connectivity index (χ0v) is 11.5. The number of carbonyl (C=O) groups is 2. The normalized spacial score (nSPS) is 12.4. The van der Waals surface area contributed by atoms with E-state index in [2.05, 4.69) is 5.32 Å². The molecule has 1 aromatic carbocycles. The van der Waals surface area contributed by atoms with Gasteiger partial charge in [-0.3, -0.25) is 14.9 Å². The molecule has 2 rings (SSSR count). The molecule has 6 heteroatoms. The first-order valence-corrected chi connectivity index (χ1v) is 7.03. The van der Waals surface area contributed by atoms with Crippen LogP contribution >= 0.6 is 11.3 Å². The topological polar surface area (TPSA) is 86.6 Å². The van der Waals surface area contributed by atoms with E-state index < -0.39 is 18.0 Å². The minimum atomic E-state index is -1.02. The molecule has 0 unspecified atom stereocenters. The highest BCUT2D eigenvalue weighted by molar-refractivity contribution is 7.19. The zero-order valence-electron chi connectivity index (χ0n) is 10.7. The number of hydrogen-bond donors (Lipinski definition) is 3. The lowest BCUT2D eigenvalue weighted by Gasteiger charge is -2.12. The summed E-state index contributed by atoms with van der Waals surface area (Å²) in [5.74, 6) is -2.01. The van der Waals surface area contributed by atoms with E-state index in [1.54, 1.807) is 11.3 Å². The van der Waals surface area contributed by atoms with Crippen molar-refractivity contribution >= 4 is 33.4 Å². The van der Waals surface area contributed by atoms with Gasteiger partial charge >= 0.3 is 11.9 Å². The van der Waals surface area contributed by atoms with Crippen molar-refractivity contribution < 1.29 is 19.8 Å². The molecule has 0 saturated heterocycles. The summed E-state index contributed by atoms with van der Waals surface area (Å²) in [6.07, 6.45) is -0.0774. The van der Waals surface area contributed by atoms with Crippen molar-refractivity contribution in [3.8, 4) is 0 Å². The van der Waals surface area contributed by atoms with E-state index >= 15 is 0 Å². The fourth-order valence-electron chi connectivity index (χ4n) is 1.93. The van der Waals surface area contributed by atoms with Gasteiger partial charge in [-0.2, -0.15) is 0 Å². The molecule has 0 spiro atoms. The number of benzene rings is 1. The van der Waals surface area contributed by atoms with Crippen LogP contribution in [0, 0.1) is 0 Å². The highest BCUT2D eigenvalue weighted by Gasteiger charge is 2.18. The number of nitrogens with one attached hydrogen (secondary N) is 1. The number of hydrogen-bond acceptors (Lipinski definition) is 4. The SMILES string of the molecule is O=C(O)CC[C@H](NCc1cc2ccccc2s1)C(=O)O. The maximum absolute atomic E-state index is 11.1. The molecule has 0 bridgehead atoms. The standard InChI is InChI=1S/C14H15NO4S/c16-13(17)6-5-11(14(18)19)15-8-10-7-9-3-1-2-4-12(9)20-10/h1-4,7,11,15H,5-6,8H2,(H,16,17)(H,18,19)/t11-/m0/s1. The van der Waals surface area contributed by atoms with Gasteiger partial charge in [0.05, 0.1) is 0 Å². The lowest BCUT2D eigenvalue weighted by atomic mass is 10.1. The number of thiophene rings is 1. The van der Waals surface area contributed by atoms with Crippen molar-refractivity contribution in [1.82, 2.24) is 5.32 Å². The first-order valence-electron chi connectivity index (χ1n) is 6.21. The predicted octanol–water partition coefficient (Wildman–Crippen LogP) is 2.31. The molecule has 0 fully saturated rings.